The average Bonchev–Trinajstić information content (AvgIpc) is 3.48. The van der Waals surface area contributed by atoms with Gasteiger partial charge in [0.15, 0.2) is 23.2 Å². The Labute approximate surface area is 233 Å². The smallest absolute Gasteiger partial charge is 0.320 e. The number of carbonyl (C=O) groups is 4. The van der Waals surface area contributed by atoms with Gasteiger partial charge in [0.2, 0.25) is 11.8 Å². The molecule has 15 heteroatoms. The van der Waals surface area contributed by atoms with Crippen molar-refractivity contribution in [2.45, 2.75) is 44.8 Å². The van der Waals surface area contributed by atoms with Crippen LogP contribution in [0.5, 0.6) is 5.75 Å². The number of benzene rings is 2. The molecule has 1 unspecified atom stereocenters. The average molecular weight is 596 g/mol. The first-order valence-corrected chi connectivity index (χ1v) is 13.1. The van der Waals surface area contributed by atoms with E-state index in [-0.39, 0.29) is 51.4 Å². The number of ether oxygens (including phenoxy) is 1. The third kappa shape index (κ3) is 4.50. The monoisotopic (exact) mass is 595 g/mol. The van der Waals surface area contributed by atoms with Crippen LogP contribution in [-0.2, 0) is 21.7 Å². The highest BCUT2D eigenvalue weighted by molar-refractivity contribution is 7.18. The number of fused-ring (bicyclic) bond motifs is 2. The Morgan fingerprint density at radius 3 is 2.60 bits per heavy atom. The number of aromatic nitrogens is 1. The molecule has 1 saturated heterocycles. The molecule has 3 heterocycles. The van der Waals surface area contributed by atoms with Crippen molar-refractivity contribution in [1.82, 2.24) is 20.5 Å². The Kier molecular flexibility index (Phi) is 6.86. The predicted octanol–water partition coefficient (Wildman–Crippen LogP) is 4.19. The number of hydrogen-bond acceptors (Lipinski definition) is 7. The molecule has 0 bridgehead atoms. The van der Waals surface area contributed by atoms with E-state index < -0.39 is 63.6 Å². The Balaban J connectivity index is 1.35. The number of amides is 5. The summed E-state index contributed by atoms with van der Waals surface area (Å²) in [6.07, 6.45) is 0.173. The predicted molar refractivity (Wildman–Crippen MR) is 139 cm³/mol. The van der Waals surface area contributed by atoms with Crippen LogP contribution in [0.3, 0.4) is 0 Å². The molecule has 2 aliphatic rings. The van der Waals surface area contributed by atoms with Crippen LogP contribution in [0.1, 0.15) is 47.6 Å². The normalized spacial score (nSPS) is 17.2. The lowest BCUT2D eigenvalue weighted by molar-refractivity contribution is -0.136. The maximum absolute atomic E-state index is 15.4. The van der Waals surface area contributed by atoms with E-state index >= 15 is 4.39 Å². The minimum Gasteiger partial charge on any atom is -0.491 e. The summed E-state index contributed by atoms with van der Waals surface area (Å²) in [6.45, 7) is 2.89. The molecule has 0 radical (unpaired) electrons. The van der Waals surface area contributed by atoms with Crippen molar-refractivity contribution in [3.8, 4) is 5.75 Å². The summed E-state index contributed by atoms with van der Waals surface area (Å²) in [5.41, 5.74) is -1.56. The number of nitrogens with zero attached hydrogens (tertiary/aromatic N) is 2. The van der Waals surface area contributed by atoms with Gasteiger partial charge >= 0.3 is 6.03 Å². The number of imide groups is 1. The molecule has 2 aliphatic heterocycles. The number of rotatable bonds is 5. The lowest BCUT2D eigenvalue weighted by Crippen LogP contribution is -2.52. The Morgan fingerprint density at radius 2 is 1.93 bits per heavy atom. The lowest BCUT2D eigenvalue weighted by atomic mass is 10.0. The van der Waals surface area contributed by atoms with Gasteiger partial charge in [-0.25, -0.2) is 22.9 Å². The molecular formula is C25H21ClF3N5O5S. The molecule has 3 aromatic rings. The van der Waals surface area contributed by atoms with Crippen molar-refractivity contribution in [3.05, 3.63) is 50.7 Å². The Hall–Kier alpha value is -3.91. The number of thiazole rings is 1. The van der Waals surface area contributed by atoms with Crippen LogP contribution in [0.4, 0.5) is 23.7 Å². The maximum atomic E-state index is 15.4. The van der Waals surface area contributed by atoms with Crippen molar-refractivity contribution < 1.29 is 37.1 Å². The van der Waals surface area contributed by atoms with Crippen LogP contribution >= 0.6 is 22.9 Å². The second-order valence-electron chi connectivity index (χ2n) is 9.73. The number of halogens is 4. The molecule has 0 saturated carbocycles. The first kappa shape index (κ1) is 27.6. The van der Waals surface area contributed by atoms with Gasteiger partial charge in [0.1, 0.15) is 21.6 Å². The largest absolute Gasteiger partial charge is 0.491 e. The summed E-state index contributed by atoms with van der Waals surface area (Å²) >= 11 is 6.86. The molecule has 1 atom stereocenters. The molecule has 10 nitrogen and oxygen atoms in total. The van der Waals surface area contributed by atoms with Gasteiger partial charge in [0.05, 0.1) is 29.6 Å². The van der Waals surface area contributed by atoms with E-state index in [2.05, 4.69) is 20.9 Å². The van der Waals surface area contributed by atoms with Crippen LogP contribution in [0.2, 0.25) is 5.02 Å². The van der Waals surface area contributed by atoms with Gasteiger partial charge < -0.3 is 20.3 Å². The molecule has 1 aromatic heterocycles. The first-order chi connectivity index (χ1) is 18.8. The number of urea groups is 1. The van der Waals surface area contributed by atoms with Gasteiger partial charge in [0, 0.05) is 17.5 Å². The lowest BCUT2D eigenvalue weighted by Gasteiger charge is -2.29. The third-order valence-corrected chi connectivity index (χ3v) is 8.40. The van der Waals surface area contributed by atoms with Gasteiger partial charge in [-0.15, -0.1) is 11.3 Å². The molecule has 0 aliphatic carbocycles. The van der Waals surface area contributed by atoms with Crippen molar-refractivity contribution in [3.63, 3.8) is 0 Å². The van der Waals surface area contributed by atoms with Gasteiger partial charge in [0.25, 0.3) is 5.91 Å². The van der Waals surface area contributed by atoms with Crippen molar-refractivity contribution in [1.29, 1.82) is 0 Å². The molecule has 3 N–H and O–H groups in total. The fourth-order valence-electron chi connectivity index (χ4n) is 4.66. The summed E-state index contributed by atoms with van der Waals surface area (Å²) in [5, 5.41) is 6.94. The van der Waals surface area contributed by atoms with Crippen molar-refractivity contribution >= 4 is 62.6 Å². The van der Waals surface area contributed by atoms with E-state index in [0.29, 0.717) is 0 Å². The summed E-state index contributed by atoms with van der Waals surface area (Å²) in [5.74, 6) is -5.22. The van der Waals surface area contributed by atoms with Gasteiger partial charge in [-0.3, -0.25) is 19.7 Å². The quantitative estimate of drug-likeness (QED) is 0.300. The molecule has 2 aromatic carbocycles. The molecule has 210 valence electrons. The third-order valence-electron chi connectivity index (χ3n) is 6.69. The standard InChI is InChI=1S/C25H21ClF3N5O5S/c1-25(2,23-32-18-14(26)16(28)19(39-3)17(29)20(18)40-23)33-24(38)30-11-5-4-9-10(15(11)27)8-34(22(9)37)12-6-7-13(35)31-21(12)36/h4-5,12H,6-8H2,1-3H3,(H2,30,33,38)(H,31,35,36). The fraction of sp³-hybridized carbons (Fsp3) is 0.320. The van der Waals surface area contributed by atoms with Crippen LogP contribution in [0.15, 0.2) is 12.1 Å². The van der Waals surface area contributed by atoms with E-state index in [1.54, 1.807) is 13.8 Å². The summed E-state index contributed by atoms with van der Waals surface area (Å²) < 4.78 is 49.2. The second kappa shape index (κ2) is 9.93. The molecule has 0 spiro atoms. The number of carbonyl (C=O) groups excluding carboxylic acids is 4. The minimum atomic E-state index is -1.24. The van der Waals surface area contributed by atoms with Crippen LogP contribution in [0.25, 0.3) is 10.2 Å². The molecule has 5 rings (SSSR count). The molecule has 1 fully saturated rings. The van der Waals surface area contributed by atoms with Gasteiger partial charge in [-0.2, -0.15) is 0 Å². The van der Waals surface area contributed by atoms with Crippen molar-refractivity contribution in [2.24, 2.45) is 0 Å². The first-order valence-electron chi connectivity index (χ1n) is 11.9. The summed E-state index contributed by atoms with van der Waals surface area (Å²) in [6, 6.07) is 0.796. The zero-order chi connectivity index (χ0) is 29.1. The SMILES string of the molecule is COc1c(F)c(Cl)c2nc(C(C)(C)NC(=O)Nc3ccc4c(c3F)CN(C3CCC(=O)NC3=O)C4=O)sc2c1F. The van der Waals surface area contributed by atoms with E-state index in [0.717, 1.165) is 18.4 Å². The molecule has 5 amide bonds. The van der Waals surface area contributed by atoms with Gasteiger partial charge in [-0.1, -0.05) is 11.6 Å². The highest BCUT2D eigenvalue weighted by atomic mass is 35.5. The van der Waals surface area contributed by atoms with E-state index in [4.69, 9.17) is 16.3 Å². The Morgan fingerprint density at radius 1 is 1.20 bits per heavy atom. The number of piperidine rings is 1. The minimum absolute atomic E-state index is 0.000903. The highest BCUT2D eigenvalue weighted by Gasteiger charge is 2.41. The van der Waals surface area contributed by atoms with Crippen LogP contribution < -0.4 is 20.7 Å². The number of nitrogens with one attached hydrogen (secondary N) is 3. The van der Waals surface area contributed by atoms with E-state index in [1.165, 1.54) is 17.0 Å². The molecule has 40 heavy (non-hydrogen) atoms. The van der Waals surface area contributed by atoms with E-state index in [9.17, 15) is 28.0 Å². The summed E-state index contributed by atoms with van der Waals surface area (Å²) in [4.78, 5) is 54.8. The van der Waals surface area contributed by atoms with Gasteiger partial charge in [-0.05, 0) is 32.4 Å². The fourth-order valence-corrected chi connectivity index (χ4v) is 6.00. The number of methoxy groups -OCH3 is 1. The zero-order valence-electron chi connectivity index (χ0n) is 21.2. The van der Waals surface area contributed by atoms with Crippen LogP contribution in [0, 0.1) is 17.5 Å². The molecular weight excluding hydrogens is 575 g/mol. The van der Waals surface area contributed by atoms with Crippen molar-refractivity contribution in [2.75, 3.05) is 12.4 Å². The summed E-state index contributed by atoms with van der Waals surface area (Å²) in [7, 11) is 1.10. The van der Waals surface area contributed by atoms with E-state index in [1.807, 2.05) is 0 Å². The maximum Gasteiger partial charge on any atom is 0.320 e. The number of anilines is 1. The highest BCUT2D eigenvalue weighted by Crippen LogP contribution is 2.41. The van der Waals surface area contributed by atoms with Crippen LogP contribution in [-0.4, -0.2) is 46.8 Å². The topological polar surface area (TPSA) is 130 Å². The number of hydrogen-bond donors (Lipinski definition) is 3. The Bertz CT molecular complexity index is 1630. The zero-order valence-corrected chi connectivity index (χ0v) is 22.8. The second-order valence-corrected chi connectivity index (χ2v) is 11.1.